The fraction of sp³-hybridized carbons (Fsp3) is 0.632. The SMILES string of the molecule is CC(C)[C@H]1O[C@@H]1[C@@H](O)[C@H](Cc1ccccc1)NC(=O)OC(C)(C)C. The molecule has 0 bridgehead atoms. The molecule has 1 heterocycles. The van der Waals surface area contributed by atoms with Crippen molar-refractivity contribution < 1.29 is 19.4 Å². The third-order valence-corrected chi connectivity index (χ3v) is 3.97. The number of aliphatic hydroxyl groups is 1. The average Bonchev–Trinajstić information content (AvgIpc) is 3.25. The minimum absolute atomic E-state index is 0.0405. The van der Waals surface area contributed by atoms with Crippen molar-refractivity contribution in [1.82, 2.24) is 5.32 Å². The quantitative estimate of drug-likeness (QED) is 0.784. The van der Waals surface area contributed by atoms with Gasteiger partial charge in [0.05, 0.1) is 12.1 Å². The van der Waals surface area contributed by atoms with Crippen LogP contribution in [0.3, 0.4) is 0 Å². The van der Waals surface area contributed by atoms with E-state index >= 15 is 0 Å². The number of amides is 1. The maximum Gasteiger partial charge on any atom is 0.407 e. The molecule has 0 saturated carbocycles. The van der Waals surface area contributed by atoms with Crippen molar-refractivity contribution in [3.8, 4) is 0 Å². The van der Waals surface area contributed by atoms with Gasteiger partial charge in [-0.1, -0.05) is 44.2 Å². The molecular weight excluding hydrogens is 306 g/mol. The average molecular weight is 335 g/mol. The molecule has 0 aromatic heterocycles. The lowest BCUT2D eigenvalue weighted by Gasteiger charge is -2.26. The van der Waals surface area contributed by atoms with Crippen molar-refractivity contribution in [3.05, 3.63) is 35.9 Å². The number of hydrogen-bond donors (Lipinski definition) is 2. The normalized spacial score (nSPS) is 22.8. The summed E-state index contributed by atoms with van der Waals surface area (Å²) >= 11 is 0. The number of carbonyl (C=O) groups is 1. The van der Waals surface area contributed by atoms with Gasteiger partial charge in [-0.25, -0.2) is 4.79 Å². The van der Waals surface area contributed by atoms with E-state index in [1.165, 1.54) is 0 Å². The largest absolute Gasteiger partial charge is 0.444 e. The third-order valence-electron chi connectivity index (χ3n) is 3.97. The Morgan fingerprint density at radius 1 is 1.25 bits per heavy atom. The van der Waals surface area contributed by atoms with Crippen LogP contribution in [0, 0.1) is 5.92 Å². The number of carbonyl (C=O) groups excluding carboxylic acids is 1. The third kappa shape index (κ3) is 5.49. The van der Waals surface area contributed by atoms with Crippen LogP contribution < -0.4 is 5.32 Å². The zero-order valence-electron chi connectivity index (χ0n) is 15.2. The molecule has 5 heteroatoms. The highest BCUT2D eigenvalue weighted by molar-refractivity contribution is 5.68. The van der Waals surface area contributed by atoms with Gasteiger partial charge >= 0.3 is 6.09 Å². The van der Waals surface area contributed by atoms with Gasteiger partial charge in [0.25, 0.3) is 0 Å². The number of hydrogen-bond acceptors (Lipinski definition) is 4. The van der Waals surface area contributed by atoms with Gasteiger partial charge in [0, 0.05) is 0 Å². The number of nitrogens with one attached hydrogen (secondary N) is 1. The van der Waals surface area contributed by atoms with Crippen LogP contribution in [-0.2, 0) is 15.9 Å². The Kier molecular flexibility index (Phi) is 5.88. The predicted octanol–water partition coefficient (Wildman–Crippen LogP) is 2.91. The summed E-state index contributed by atoms with van der Waals surface area (Å²) in [6.45, 7) is 9.56. The first-order chi connectivity index (χ1) is 11.2. The van der Waals surface area contributed by atoms with Crippen LogP contribution >= 0.6 is 0 Å². The number of ether oxygens (including phenoxy) is 2. The van der Waals surface area contributed by atoms with Crippen LogP contribution in [0.25, 0.3) is 0 Å². The topological polar surface area (TPSA) is 71.1 Å². The first-order valence-corrected chi connectivity index (χ1v) is 8.54. The lowest BCUT2D eigenvalue weighted by atomic mass is 9.95. The van der Waals surface area contributed by atoms with Crippen LogP contribution in [0.5, 0.6) is 0 Å². The molecular formula is C19H29NO4. The summed E-state index contributed by atoms with van der Waals surface area (Å²) in [7, 11) is 0. The Hall–Kier alpha value is -1.59. The minimum Gasteiger partial charge on any atom is -0.444 e. The second-order valence-electron chi connectivity index (χ2n) is 7.74. The van der Waals surface area contributed by atoms with Crippen molar-refractivity contribution in [3.63, 3.8) is 0 Å². The Morgan fingerprint density at radius 3 is 2.38 bits per heavy atom. The second-order valence-corrected chi connectivity index (χ2v) is 7.74. The standard InChI is InChI=1S/C19H29NO4/c1-12(2)16-17(23-16)15(21)14(11-13-9-7-6-8-10-13)20-18(22)24-19(3,4)5/h6-10,12,14-17,21H,11H2,1-5H3,(H,20,22)/t14-,15-,16+,17+/m0/s1. The first-order valence-electron chi connectivity index (χ1n) is 8.54. The summed E-state index contributed by atoms with van der Waals surface area (Å²) in [5, 5.41) is 13.5. The highest BCUT2D eigenvalue weighted by atomic mass is 16.6. The molecule has 1 saturated heterocycles. The van der Waals surface area contributed by atoms with Crippen molar-refractivity contribution in [2.24, 2.45) is 5.92 Å². The van der Waals surface area contributed by atoms with Crippen molar-refractivity contribution in [2.45, 2.75) is 71.0 Å². The van der Waals surface area contributed by atoms with Crippen molar-refractivity contribution >= 4 is 6.09 Å². The van der Waals surface area contributed by atoms with Gasteiger partial charge < -0.3 is 19.9 Å². The Balaban J connectivity index is 2.05. The monoisotopic (exact) mass is 335 g/mol. The van der Waals surface area contributed by atoms with E-state index in [2.05, 4.69) is 19.2 Å². The molecule has 1 aliphatic rings. The highest BCUT2D eigenvalue weighted by Crippen LogP contribution is 2.33. The molecule has 2 rings (SSSR count). The highest BCUT2D eigenvalue weighted by Gasteiger charge is 2.49. The molecule has 0 spiro atoms. The lowest BCUT2D eigenvalue weighted by Crippen LogP contribution is -2.49. The predicted molar refractivity (Wildman–Crippen MR) is 92.8 cm³/mol. The summed E-state index contributed by atoms with van der Waals surface area (Å²) in [4.78, 5) is 12.1. The summed E-state index contributed by atoms with van der Waals surface area (Å²) in [5.74, 6) is 0.337. The van der Waals surface area contributed by atoms with Crippen LogP contribution in [0.15, 0.2) is 30.3 Å². The molecule has 1 aromatic rings. The summed E-state index contributed by atoms with van der Waals surface area (Å²) in [5.41, 5.74) is 0.461. The van der Waals surface area contributed by atoms with E-state index in [-0.39, 0.29) is 12.2 Å². The van der Waals surface area contributed by atoms with Gasteiger partial charge in [0.2, 0.25) is 0 Å². The van der Waals surface area contributed by atoms with Gasteiger partial charge in [0.1, 0.15) is 17.8 Å². The zero-order chi connectivity index (χ0) is 17.9. The molecule has 1 fully saturated rings. The molecule has 0 aliphatic carbocycles. The number of aliphatic hydroxyl groups excluding tert-OH is 1. The molecule has 1 amide bonds. The first kappa shape index (κ1) is 18.7. The van der Waals surface area contributed by atoms with E-state index in [4.69, 9.17) is 9.47 Å². The van der Waals surface area contributed by atoms with E-state index in [0.717, 1.165) is 5.56 Å². The van der Waals surface area contributed by atoms with Crippen LogP contribution in [-0.4, -0.2) is 41.2 Å². The zero-order valence-corrected chi connectivity index (χ0v) is 15.2. The maximum atomic E-state index is 12.1. The molecule has 1 aliphatic heterocycles. The fourth-order valence-electron chi connectivity index (χ4n) is 2.76. The Morgan fingerprint density at radius 2 is 1.88 bits per heavy atom. The molecule has 5 nitrogen and oxygen atoms in total. The molecule has 134 valence electrons. The number of alkyl carbamates (subject to hydrolysis) is 1. The number of rotatable bonds is 6. The number of benzene rings is 1. The Labute approximate surface area is 144 Å². The van der Waals surface area contributed by atoms with Gasteiger partial charge in [-0.3, -0.25) is 0 Å². The van der Waals surface area contributed by atoms with Crippen molar-refractivity contribution in [1.29, 1.82) is 0 Å². The van der Waals surface area contributed by atoms with E-state index in [1.807, 2.05) is 51.1 Å². The number of epoxide rings is 1. The van der Waals surface area contributed by atoms with Crippen molar-refractivity contribution in [2.75, 3.05) is 0 Å². The van der Waals surface area contributed by atoms with Gasteiger partial charge in [-0.15, -0.1) is 0 Å². The Bertz CT molecular complexity index is 538. The van der Waals surface area contributed by atoms with E-state index < -0.39 is 23.8 Å². The van der Waals surface area contributed by atoms with E-state index in [1.54, 1.807) is 0 Å². The van der Waals surface area contributed by atoms with Crippen LogP contribution in [0.4, 0.5) is 4.79 Å². The van der Waals surface area contributed by atoms with Crippen LogP contribution in [0.2, 0.25) is 0 Å². The van der Waals surface area contributed by atoms with Gasteiger partial charge in [-0.2, -0.15) is 0 Å². The maximum absolute atomic E-state index is 12.1. The van der Waals surface area contributed by atoms with E-state index in [0.29, 0.717) is 12.3 Å². The van der Waals surface area contributed by atoms with E-state index in [9.17, 15) is 9.90 Å². The fourth-order valence-corrected chi connectivity index (χ4v) is 2.76. The molecule has 0 radical (unpaired) electrons. The molecule has 24 heavy (non-hydrogen) atoms. The summed E-state index contributed by atoms with van der Waals surface area (Å²) in [6.07, 6.45) is -0.979. The lowest BCUT2D eigenvalue weighted by molar-refractivity contribution is 0.0387. The summed E-state index contributed by atoms with van der Waals surface area (Å²) < 4.78 is 10.9. The second kappa shape index (κ2) is 7.53. The molecule has 1 aromatic carbocycles. The smallest absolute Gasteiger partial charge is 0.407 e. The van der Waals surface area contributed by atoms with Gasteiger partial charge in [0.15, 0.2) is 0 Å². The summed E-state index contributed by atoms with van der Waals surface area (Å²) in [6, 6.07) is 9.31. The molecule has 2 N–H and O–H groups in total. The molecule has 0 unspecified atom stereocenters. The minimum atomic E-state index is -0.773. The van der Waals surface area contributed by atoms with Crippen LogP contribution in [0.1, 0.15) is 40.2 Å². The molecule has 4 atom stereocenters. The van der Waals surface area contributed by atoms with Gasteiger partial charge in [-0.05, 0) is 38.7 Å².